The number of carbonyl (C=O) groups is 1. The van der Waals surface area contributed by atoms with Crippen molar-refractivity contribution in [3.8, 4) is 0 Å². The molecule has 2 heterocycles. The molecule has 5 nitrogen and oxygen atoms in total. The van der Waals surface area contributed by atoms with E-state index in [0.717, 1.165) is 5.69 Å². The van der Waals surface area contributed by atoms with Gasteiger partial charge in [0.05, 0.1) is 0 Å². The lowest BCUT2D eigenvalue weighted by molar-refractivity contribution is -0.590. The van der Waals surface area contributed by atoms with Gasteiger partial charge in [-0.1, -0.05) is 6.07 Å². The lowest BCUT2D eigenvalue weighted by Crippen LogP contribution is -2.47. The maximum absolute atomic E-state index is 11.8. The zero-order valence-electron chi connectivity index (χ0n) is 9.93. The van der Waals surface area contributed by atoms with Gasteiger partial charge in [-0.25, -0.2) is 4.79 Å². The minimum absolute atomic E-state index is 0.0116. The number of hydrogen-bond donors (Lipinski definition) is 1. The van der Waals surface area contributed by atoms with Crippen LogP contribution in [0.15, 0.2) is 30.3 Å². The molecule has 0 saturated carbocycles. The smallest absolute Gasteiger partial charge is 0.415 e. The Labute approximate surface area is 98.9 Å². The van der Waals surface area contributed by atoms with E-state index in [-0.39, 0.29) is 5.70 Å². The van der Waals surface area contributed by atoms with Gasteiger partial charge in [0.1, 0.15) is 0 Å². The molecule has 0 amide bonds. The monoisotopic (exact) mass is 236 g/mol. The summed E-state index contributed by atoms with van der Waals surface area (Å²) in [6, 6.07) is 5.40. The number of carbonyl (C=O) groups excluding carboxylic acids is 1. The normalized spacial score (nSPS) is 18.6. The summed E-state index contributed by atoms with van der Waals surface area (Å²) in [5.74, 6) is -2.18. The number of pyridine rings is 1. The van der Waals surface area contributed by atoms with Crippen molar-refractivity contribution in [1.82, 2.24) is 0 Å². The molecule has 1 aliphatic heterocycles. The maximum Gasteiger partial charge on any atom is 0.415 e. The van der Waals surface area contributed by atoms with Crippen LogP contribution < -0.4 is 4.57 Å². The first kappa shape index (κ1) is 11.4. The Hall–Kier alpha value is -2.04. The summed E-state index contributed by atoms with van der Waals surface area (Å²) in [5, 5.41) is 9.79. The average Bonchev–Trinajstić information content (AvgIpc) is 2.17. The van der Waals surface area contributed by atoms with Gasteiger partial charge in [-0.2, -0.15) is 4.57 Å². The molecule has 0 spiro atoms. The molecule has 0 atom stereocenters. The van der Waals surface area contributed by atoms with Crippen molar-refractivity contribution < 1.29 is 23.9 Å². The topological polar surface area (TPSA) is 59.6 Å². The van der Waals surface area contributed by atoms with Gasteiger partial charge in [-0.15, -0.1) is 0 Å². The molecule has 0 unspecified atom stereocenters. The number of aryl methyl sites for hydroxylation is 1. The van der Waals surface area contributed by atoms with E-state index in [1.54, 1.807) is 26.1 Å². The first-order valence-electron chi connectivity index (χ1n) is 5.24. The minimum Gasteiger partial charge on any atom is -0.476 e. The third kappa shape index (κ3) is 2.08. The summed E-state index contributed by atoms with van der Waals surface area (Å²) in [6.07, 6.45) is 1.66. The first-order valence-corrected chi connectivity index (χ1v) is 5.24. The molecule has 17 heavy (non-hydrogen) atoms. The van der Waals surface area contributed by atoms with E-state index in [4.69, 9.17) is 9.47 Å². The van der Waals surface area contributed by atoms with Crippen LogP contribution in [0.3, 0.4) is 0 Å². The molecule has 0 saturated heterocycles. The second kappa shape index (κ2) is 3.76. The fourth-order valence-electron chi connectivity index (χ4n) is 1.64. The highest BCUT2D eigenvalue weighted by Crippen LogP contribution is 2.25. The van der Waals surface area contributed by atoms with E-state index < -0.39 is 17.7 Å². The average molecular weight is 236 g/mol. The molecule has 1 aromatic rings. The third-order valence-electron chi connectivity index (χ3n) is 2.38. The largest absolute Gasteiger partial charge is 0.476 e. The number of nitrogens with zero attached hydrogens (tertiary/aromatic N) is 1. The molecule has 1 aliphatic rings. The molecule has 0 radical (unpaired) electrons. The quantitative estimate of drug-likeness (QED) is 0.589. The van der Waals surface area contributed by atoms with E-state index >= 15 is 0 Å². The standard InChI is InChI=1S/C12H13NO4/c1-8-6-4-5-7-13(8)9-10(14)16-12(2,3)17-11(9)15/h4-7H,1-3H3/p+1. The van der Waals surface area contributed by atoms with Crippen LogP contribution in [0.2, 0.25) is 0 Å². The number of aromatic nitrogens is 1. The van der Waals surface area contributed by atoms with Crippen molar-refractivity contribution in [2.45, 2.75) is 26.6 Å². The molecule has 0 aliphatic carbocycles. The van der Waals surface area contributed by atoms with E-state index in [0.29, 0.717) is 0 Å². The molecule has 5 heteroatoms. The van der Waals surface area contributed by atoms with Crippen LogP contribution in [0.5, 0.6) is 0 Å². The predicted octanol–water partition coefficient (Wildman–Crippen LogP) is 1.28. The number of cyclic esters (lactones) is 1. The lowest BCUT2D eigenvalue weighted by Gasteiger charge is -2.28. The van der Waals surface area contributed by atoms with Crippen LogP contribution >= 0.6 is 0 Å². The number of ether oxygens (including phenoxy) is 2. The summed E-state index contributed by atoms with van der Waals surface area (Å²) in [5.41, 5.74) is 0.775. The van der Waals surface area contributed by atoms with Gasteiger partial charge in [0.25, 0.3) is 5.79 Å². The molecule has 2 rings (SSSR count). The van der Waals surface area contributed by atoms with Crippen LogP contribution in [0.25, 0.3) is 5.70 Å². The Bertz CT molecular complexity index is 505. The zero-order chi connectivity index (χ0) is 12.6. The first-order chi connectivity index (χ1) is 7.91. The van der Waals surface area contributed by atoms with Crippen molar-refractivity contribution in [3.63, 3.8) is 0 Å². The van der Waals surface area contributed by atoms with Crippen LogP contribution in [-0.4, -0.2) is 16.9 Å². The van der Waals surface area contributed by atoms with Crippen LogP contribution in [0, 0.1) is 6.92 Å². The van der Waals surface area contributed by atoms with Crippen LogP contribution in [-0.2, 0) is 14.3 Å². The summed E-state index contributed by atoms with van der Waals surface area (Å²) in [7, 11) is 0. The number of hydrogen-bond acceptors (Lipinski definition) is 4. The number of aliphatic hydroxyl groups is 1. The van der Waals surface area contributed by atoms with Crippen LogP contribution in [0.4, 0.5) is 0 Å². The van der Waals surface area contributed by atoms with Gasteiger partial charge < -0.3 is 14.6 Å². The van der Waals surface area contributed by atoms with Gasteiger partial charge in [0, 0.05) is 32.9 Å². The van der Waals surface area contributed by atoms with Gasteiger partial charge in [0.2, 0.25) is 0 Å². The molecule has 1 N–H and O–H groups in total. The summed E-state index contributed by atoms with van der Waals surface area (Å²) in [4.78, 5) is 11.8. The fourth-order valence-corrected chi connectivity index (χ4v) is 1.64. The van der Waals surface area contributed by atoms with Gasteiger partial charge in [-0.3, -0.25) is 0 Å². The van der Waals surface area contributed by atoms with Crippen LogP contribution in [0.1, 0.15) is 19.5 Å². The molecule has 0 aromatic carbocycles. The van der Waals surface area contributed by atoms with Crippen molar-refractivity contribution in [1.29, 1.82) is 0 Å². The van der Waals surface area contributed by atoms with Gasteiger partial charge in [-0.05, 0) is 0 Å². The molecule has 1 aromatic heterocycles. The molecule has 0 bridgehead atoms. The SMILES string of the molecule is Cc1cccc[n+]1C1=C(O)OC(C)(C)OC1=O. The zero-order valence-corrected chi connectivity index (χ0v) is 9.93. The highest BCUT2D eigenvalue weighted by Gasteiger charge is 2.42. The molecular formula is C12H14NO4+. The summed E-state index contributed by atoms with van der Waals surface area (Å²) >= 11 is 0. The Morgan fingerprint density at radius 3 is 2.59 bits per heavy atom. The Kier molecular flexibility index (Phi) is 2.53. The van der Waals surface area contributed by atoms with Crippen molar-refractivity contribution in [3.05, 3.63) is 36.0 Å². The Morgan fingerprint density at radius 2 is 2.00 bits per heavy atom. The maximum atomic E-state index is 11.8. The highest BCUT2D eigenvalue weighted by molar-refractivity contribution is 6.06. The molecule has 90 valence electrons. The Morgan fingerprint density at radius 1 is 1.29 bits per heavy atom. The van der Waals surface area contributed by atoms with Crippen molar-refractivity contribution in [2.24, 2.45) is 0 Å². The highest BCUT2D eigenvalue weighted by atomic mass is 16.8. The van der Waals surface area contributed by atoms with E-state index in [1.165, 1.54) is 4.57 Å². The number of rotatable bonds is 1. The van der Waals surface area contributed by atoms with E-state index in [1.807, 2.05) is 19.1 Å². The number of esters is 1. The van der Waals surface area contributed by atoms with Crippen molar-refractivity contribution in [2.75, 3.05) is 0 Å². The molecular weight excluding hydrogens is 222 g/mol. The Balaban J connectivity index is 2.52. The minimum atomic E-state index is -1.14. The summed E-state index contributed by atoms with van der Waals surface area (Å²) in [6.45, 7) is 4.92. The van der Waals surface area contributed by atoms with Gasteiger partial charge in [0.15, 0.2) is 11.9 Å². The summed E-state index contributed by atoms with van der Waals surface area (Å²) < 4.78 is 11.7. The number of aliphatic hydroxyl groups excluding tert-OH is 1. The lowest BCUT2D eigenvalue weighted by atomic mass is 10.3. The van der Waals surface area contributed by atoms with E-state index in [9.17, 15) is 9.90 Å². The molecule has 0 fully saturated rings. The van der Waals surface area contributed by atoms with Crippen molar-refractivity contribution >= 4 is 11.7 Å². The van der Waals surface area contributed by atoms with E-state index in [2.05, 4.69) is 0 Å². The fraction of sp³-hybridized carbons (Fsp3) is 0.333. The second-order valence-electron chi connectivity index (χ2n) is 4.26. The second-order valence-corrected chi connectivity index (χ2v) is 4.26. The predicted molar refractivity (Wildman–Crippen MR) is 58.5 cm³/mol. The van der Waals surface area contributed by atoms with Gasteiger partial charge >= 0.3 is 17.6 Å². The third-order valence-corrected chi connectivity index (χ3v) is 2.38.